The lowest BCUT2D eigenvalue weighted by Gasteiger charge is -2.33. The van der Waals surface area contributed by atoms with Crippen LogP contribution in [0.5, 0.6) is 0 Å². The molecule has 3 heteroatoms. The molecular formula is C17H27NO2. The van der Waals surface area contributed by atoms with E-state index in [1.807, 2.05) is 12.1 Å². The fourth-order valence-corrected chi connectivity index (χ4v) is 3.28. The van der Waals surface area contributed by atoms with Crippen molar-refractivity contribution in [3.63, 3.8) is 0 Å². The molecule has 2 atom stereocenters. The summed E-state index contributed by atoms with van der Waals surface area (Å²) in [6.07, 6.45) is 5.83. The summed E-state index contributed by atoms with van der Waals surface area (Å²) < 4.78 is 5.67. The number of aliphatic hydroxyl groups excluding tert-OH is 1. The van der Waals surface area contributed by atoms with Crippen LogP contribution in [-0.4, -0.2) is 31.0 Å². The molecule has 2 unspecified atom stereocenters. The third-order valence-corrected chi connectivity index (χ3v) is 4.62. The summed E-state index contributed by atoms with van der Waals surface area (Å²) in [7, 11) is 0. The minimum atomic E-state index is -0.302. The Kier molecular flexibility index (Phi) is 5.58. The molecule has 1 aromatic carbocycles. The molecule has 1 aliphatic heterocycles. The summed E-state index contributed by atoms with van der Waals surface area (Å²) in [5, 5.41) is 9.94. The van der Waals surface area contributed by atoms with Crippen LogP contribution in [0.3, 0.4) is 0 Å². The summed E-state index contributed by atoms with van der Waals surface area (Å²) in [6, 6.07) is 8.26. The molecule has 0 radical (unpaired) electrons. The van der Waals surface area contributed by atoms with E-state index in [9.17, 15) is 5.11 Å². The number of hydrogen-bond acceptors (Lipinski definition) is 3. The molecule has 1 aromatic rings. The molecule has 3 nitrogen and oxygen atoms in total. The first-order valence-corrected chi connectivity index (χ1v) is 7.70. The number of rotatable bonds is 7. The predicted octanol–water partition coefficient (Wildman–Crippen LogP) is 2.53. The van der Waals surface area contributed by atoms with E-state index in [4.69, 9.17) is 10.5 Å². The molecule has 1 saturated heterocycles. The summed E-state index contributed by atoms with van der Waals surface area (Å²) in [5.41, 5.74) is 8.12. The van der Waals surface area contributed by atoms with Crippen LogP contribution in [0.4, 0.5) is 0 Å². The second-order valence-electron chi connectivity index (χ2n) is 5.98. The van der Waals surface area contributed by atoms with Crippen LogP contribution < -0.4 is 5.73 Å². The Labute approximate surface area is 122 Å². The SMILES string of the molecule is Cc1ccccc1C(CN)(CO)CCCC1CCCO1. The molecule has 0 amide bonds. The van der Waals surface area contributed by atoms with E-state index in [0.717, 1.165) is 25.9 Å². The van der Waals surface area contributed by atoms with E-state index in [0.29, 0.717) is 12.6 Å². The van der Waals surface area contributed by atoms with E-state index >= 15 is 0 Å². The van der Waals surface area contributed by atoms with Gasteiger partial charge in [0.05, 0.1) is 12.7 Å². The third-order valence-electron chi connectivity index (χ3n) is 4.62. The van der Waals surface area contributed by atoms with Crippen molar-refractivity contribution in [1.82, 2.24) is 0 Å². The van der Waals surface area contributed by atoms with Gasteiger partial charge in [0, 0.05) is 18.6 Å². The van der Waals surface area contributed by atoms with Crippen LogP contribution in [0.2, 0.25) is 0 Å². The molecule has 1 fully saturated rings. The minimum Gasteiger partial charge on any atom is -0.395 e. The van der Waals surface area contributed by atoms with Crippen molar-refractivity contribution in [2.24, 2.45) is 5.73 Å². The van der Waals surface area contributed by atoms with Crippen molar-refractivity contribution < 1.29 is 9.84 Å². The summed E-state index contributed by atoms with van der Waals surface area (Å²) >= 11 is 0. The van der Waals surface area contributed by atoms with Crippen LogP contribution in [-0.2, 0) is 10.2 Å². The second-order valence-corrected chi connectivity index (χ2v) is 5.98. The van der Waals surface area contributed by atoms with E-state index in [1.54, 1.807) is 0 Å². The Morgan fingerprint density at radius 2 is 2.20 bits per heavy atom. The van der Waals surface area contributed by atoms with Crippen molar-refractivity contribution in [1.29, 1.82) is 0 Å². The van der Waals surface area contributed by atoms with Crippen LogP contribution in [0.15, 0.2) is 24.3 Å². The lowest BCUT2D eigenvalue weighted by atomic mass is 9.75. The maximum Gasteiger partial charge on any atom is 0.0576 e. The van der Waals surface area contributed by atoms with E-state index in [1.165, 1.54) is 24.0 Å². The zero-order chi connectivity index (χ0) is 14.4. The van der Waals surface area contributed by atoms with Gasteiger partial charge in [0.2, 0.25) is 0 Å². The van der Waals surface area contributed by atoms with Crippen LogP contribution in [0.25, 0.3) is 0 Å². The van der Waals surface area contributed by atoms with Gasteiger partial charge in [0.15, 0.2) is 0 Å². The summed E-state index contributed by atoms with van der Waals surface area (Å²) in [6.45, 7) is 3.60. The minimum absolute atomic E-state index is 0.111. The standard InChI is InChI=1S/C17H27NO2/c1-14-6-2-3-9-16(14)17(12-18,13-19)10-4-7-15-8-5-11-20-15/h2-3,6,9,15,19H,4-5,7-8,10-13,18H2,1H3. The van der Waals surface area contributed by atoms with Gasteiger partial charge in [-0.3, -0.25) is 0 Å². The Balaban J connectivity index is 2.03. The number of hydrogen-bond donors (Lipinski definition) is 2. The highest BCUT2D eigenvalue weighted by Crippen LogP contribution is 2.32. The van der Waals surface area contributed by atoms with Gasteiger partial charge in [-0.2, -0.15) is 0 Å². The lowest BCUT2D eigenvalue weighted by Crippen LogP contribution is -2.39. The van der Waals surface area contributed by atoms with Gasteiger partial charge >= 0.3 is 0 Å². The molecule has 112 valence electrons. The van der Waals surface area contributed by atoms with Gasteiger partial charge in [0.1, 0.15) is 0 Å². The van der Waals surface area contributed by atoms with Gasteiger partial charge in [-0.1, -0.05) is 24.3 Å². The van der Waals surface area contributed by atoms with Gasteiger partial charge in [-0.25, -0.2) is 0 Å². The van der Waals surface area contributed by atoms with Crippen molar-refractivity contribution in [3.05, 3.63) is 35.4 Å². The van der Waals surface area contributed by atoms with Crippen LogP contribution in [0, 0.1) is 6.92 Å². The van der Waals surface area contributed by atoms with Crippen molar-refractivity contribution in [2.75, 3.05) is 19.8 Å². The summed E-state index contributed by atoms with van der Waals surface area (Å²) in [5.74, 6) is 0. The first kappa shape index (κ1) is 15.5. The van der Waals surface area contributed by atoms with Crippen molar-refractivity contribution >= 4 is 0 Å². The fourth-order valence-electron chi connectivity index (χ4n) is 3.28. The monoisotopic (exact) mass is 277 g/mol. The quantitative estimate of drug-likeness (QED) is 0.805. The van der Waals surface area contributed by atoms with Gasteiger partial charge < -0.3 is 15.6 Å². The lowest BCUT2D eigenvalue weighted by molar-refractivity contribution is 0.0972. The van der Waals surface area contributed by atoms with Crippen molar-refractivity contribution in [3.8, 4) is 0 Å². The molecule has 1 heterocycles. The number of aliphatic hydroxyl groups is 1. The Morgan fingerprint density at radius 1 is 1.40 bits per heavy atom. The molecule has 2 rings (SSSR count). The van der Waals surface area contributed by atoms with Gasteiger partial charge in [-0.15, -0.1) is 0 Å². The smallest absolute Gasteiger partial charge is 0.0576 e. The van der Waals surface area contributed by atoms with Crippen molar-refractivity contribution in [2.45, 2.75) is 50.5 Å². The molecule has 20 heavy (non-hydrogen) atoms. The molecule has 3 N–H and O–H groups in total. The first-order chi connectivity index (χ1) is 9.72. The average Bonchev–Trinajstić information content (AvgIpc) is 2.98. The third kappa shape index (κ3) is 3.40. The number of nitrogens with two attached hydrogens (primary N) is 1. The molecule has 0 bridgehead atoms. The molecule has 0 spiro atoms. The summed E-state index contributed by atoms with van der Waals surface area (Å²) in [4.78, 5) is 0. The Hall–Kier alpha value is -0.900. The molecule has 1 aliphatic rings. The number of benzene rings is 1. The number of ether oxygens (including phenoxy) is 1. The topological polar surface area (TPSA) is 55.5 Å². The van der Waals surface area contributed by atoms with E-state index < -0.39 is 0 Å². The zero-order valence-corrected chi connectivity index (χ0v) is 12.5. The highest BCUT2D eigenvalue weighted by molar-refractivity contribution is 5.34. The molecular weight excluding hydrogens is 250 g/mol. The molecule has 0 aromatic heterocycles. The van der Waals surface area contributed by atoms with Gasteiger partial charge in [-0.05, 0) is 50.2 Å². The largest absolute Gasteiger partial charge is 0.395 e. The van der Waals surface area contributed by atoms with E-state index in [-0.39, 0.29) is 12.0 Å². The highest BCUT2D eigenvalue weighted by atomic mass is 16.5. The fraction of sp³-hybridized carbons (Fsp3) is 0.647. The number of aryl methyl sites for hydroxylation is 1. The second kappa shape index (κ2) is 7.21. The normalized spacial score (nSPS) is 21.9. The van der Waals surface area contributed by atoms with Crippen LogP contribution >= 0.6 is 0 Å². The zero-order valence-electron chi connectivity index (χ0n) is 12.5. The first-order valence-electron chi connectivity index (χ1n) is 7.70. The van der Waals surface area contributed by atoms with Crippen LogP contribution in [0.1, 0.15) is 43.2 Å². The predicted molar refractivity (Wildman–Crippen MR) is 81.8 cm³/mol. The molecule has 0 saturated carbocycles. The van der Waals surface area contributed by atoms with E-state index in [2.05, 4.69) is 19.1 Å². The maximum atomic E-state index is 9.94. The maximum absolute atomic E-state index is 9.94. The highest BCUT2D eigenvalue weighted by Gasteiger charge is 2.31. The average molecular weight is 277 g/mol. The Bertz CT molecular complexity index is 409. The molecule has 0 aliphatic carbocycles. The van der Waals surface area contributed by atoms with Gasteiger partial charge in [0.25, 0.3) is 0 Å². The Morgan fingerprint density at radius 3 is 2.80 bits per heavy atom.